The lowest BCUT2D eigenvalue weighted by atomic mass is 10.3. The maximum absolute atomic E-state index is 11.4. The maximum atomic E-state index is 11.4. The molecule has 0 rings (SSSR count). The van der Waals surface area contributed by atoms with Gasteiger partial charge in [-0.25, -0.2) is 0 Å². The second-order valence-corrected chi connectivity index (χ2v) is 2.22. The lowest BCUT2D eigenvalue weighted by molar-refractivity contribution is -0.124. The second-order valence-electron chi connectivity index (χ2n) is 2.22. The van der Waals surface area contributed by atoms with Crippen molar-refractivity contribution in [1.29, 1.82) is 0 Å². The molecule has 0 aliphatic heterocycles. The average molecular weight is 193 g/mol. The van der Waals surface area contributed by atoms with Crippen LogP contribution >= 0.6 is 12.4 Å². The zero-order valence-electron chi connectivity index (χ0n) is 6.11. The summed E-state index contributed by atoms with van der Waals surface area (Å²) in [7, 11) is 0. The molecule has 0 radical (unpaired) electrons. The van der Waals surface area contributed by atoms with Crippen LogP contribution in [0.4, 0.5) is 13.2 Å². The molecule has 2 nitrogen and oxygen atoms in total. The summed E-state index contributed by atoms with van der Waals surface area (Å²) in [5.41, 5.74) is 5.19. The Bertz CT molecular complexity index is 94.2. The summed E-state index contributed by atoms with van der Waals surface area (Å²) in [6.07, 6.45) is -4.13. The monoisotopic (exact) mass is 192 g/mol. The van der Waals surface area contributed by atoms with Crippen LogP contribution in [0.2, 0.25) is 0 Å². The van der Waals surface area contributed by atoms with Crippen LogP contribution < -0.4 is 11.1 Å². The summed E-state index contributed by atoms with van der Waals surface area (Å²) in [5.74, 6) is 0. The third-order valence-corrected chi connectivity index (χ3v) is 0.792. The Kier molecular flexibility index (Phi) is 6.94. The van der Waals surface area contributed by atoms with E-state index in [-0.39, 0.29) is 25.0 Å². The van der Waals surface area contributed by atoms with E-state index in [1.165, 1.54) is 0 Å². The normalized spacial score (nSPS) is 13.9. The molecule has 0 amide bonds. The molecule has 3 N–H and O–H groups in total. The van der Waals surface area contributed by atoms with Crippen molar-refractivity contribution in [3.63, 3.8) is 0 Å². The highest BCUT2D eigenvalue weighted by Gasteiger charge is 2.25. The largest absolute Gasteiger partial charge is 0.401 e. The van der Waals surface area contributed by atoms with Gasteiger partial charge in [-0.3, -0.25) is 0 Å². The van der Waals surface area contributed by atoms with Crippen molar-refractivity contribution in [2.45, 2.75) is 19.1 Å². The predicted molar refractivity (Wildman–Crippen MR) is 39.8 cm³/mol. The minimum Gasteiger partial charge on any atom is -0.327 e. The fraction of sp³-hybridized carbons (Fsp3) is 1.00. The van der Waals surface area contributed by atoms with Crippen LogP contribution in [0.25, 0.3) is 0 Å². The van der Waals surface area contributed by atoms with Crippen LogP contribution in [0.1, 0.15) is 6.92 Å². The quantitative estimate of drug-likeness (QED) is 0.698. The van der Waals surface area contributed by atoms with Crippen LogP contribution in [-0.2, 0) is 0 Å². The molecule has 0 aromatic heterocycles. The van der Waals surface area contributed by atoms with Gasteiger partial charge in [0.25, 0.3) is 0 Å². The first-order valence-corrected chi connectivity index (χ1v) is 2.95. The minimum atomic E-state index is -4.13. The highest BCUT2D eigenvalue weighted by atomic mass is 35.5. The number of nitrogens with one attached hydrogen (secondary N) is 1. The van der Waals surface area contributed by atoms with E-state index >= 15 is 0 Å². The molecule has 0 unspecified atom stereocenters. The smallest absolute Gasteiger partial charge is 0.327 e. The zero-order valence-corrected chi connectivity index (χ0v) is 6.93. The fourth-order valence-electron chi connectivity index (χ4n) is 0.442. The molecule has 0 aliphatic rings. The lowest BCUT2D eigenvalue weighted by Crippen LogP contribution is -2.36. The average Bonchev–Trinajstić information content (AvgIpc) is 1.59. The molecule has 70 valence electrons. The van der Waals surface area contributed by atoms with Crippen LogP contribution in [0.15, 0.2) is 0 Å². The summed E-state index contributed by atoms with van der Waals surface area (Å²) in [5, 5.41) is 2.17. The van der Waals surface area contributed by atoms with Gasteiger partial charge in [-0.15, -0.1) is 12.4 Å². The van der Waals surface area contributed by atoms with Gasteiger partial charge in [0.15, 0.2) is 0 Å². The summed E-state index contributed by atoms with van der Waals surface area (Å²) >= 11 is 0. The van der Waals surface area contributed by atoms with Gasteiger partial charge in [0.05, 0.1) is 6.54 Å². The maximum Gasteiger partial charge on any atom is 0.401 e. The van der Waals surface area contributed by atoms with E-state index in [2.05, 4.69) is 5.32 Å². The van der Waals surface area contributed by atoms with Gasteiger partial charge in [-0.05, 0) is 6.92 Å². The van der Waals surface area contributed by atoms with Crippen molar-refractivity contribution in [3.8, 4) is 0 Å². The van der Waals surface area contributed by atoms with Crippen LogP contribution in [0, 0.1) is 0 Å². The fourth-order valence-corrected chi connectivity index (χ4v) is 0.442. The molecule has 11 heavy (non-hydrogen) atoms. The molecule has 0 aliphatic carbocycles. The van der Waals surface area contributed by atoms with E-state index in [9.17, 15) is 13.2 Å². The van der Waals surface area contributed by atoms with E-state index in [1.54, 1.807) is 6.92 Å². The van der Waals surface area contributed by atoms with Gasteiger partial charge in [0.2, 0.25) is 0 Å². The van der Waals surface area contributed by atoms with Crippen molar-refractivity contribution >= 4 is 12.4 Å². The lowest BCUT2D eigenvalue weighted by Gasteiger charge is -2.09. The Balaban J connectivity index is 0. The van der Waals surface area contributed by atoms with E-state index in [0.29, 0.717) is 0 Å². The number of hydrogen-bond donors (Lipinski definition) is 2. The van der Waals surface area contributed by atoms with E-state index < -0.39 is 12.7 Å². The van der Waals surface area contributed by atoms with Crippen LogP contribution in [0.3, 0.4) is 0 Å². The minimum absolute atomic E-state index is 0. The first kappa shape index (κ1) is 13.6. The number of hydrogen-bond acceptors (Lipinski definition) is 2. The summed E-state index contributed by atoms with van der Waals surface area (Å²) in [6.45, 7) is 0.872. The van der Waals surface area contributed by atoms with Gasteiger partial charge in [-0.1, -0.05) is 0 Å². The summed E-state index contributed by atoms with van der Waals surface area (Å²) in [6, 6.07) is -0.234. The number of nitrogens with two attached hydrogens (primary N) is 1. The molecule has 0 aromatic carbocycles. The third-order valence-electron chi connectivity index (χ3n) is 0.792. The Hall–Kier alpha value is -0.0000000000000000555. The van der Waals surface area contributed by atoms with Crippen LogP contribution in [0.5, 0.6) is 0 Å². The number of rotatable bonds is 3. The first-order valence-electron chi connectivity index (χ1n) is 2.95. The summed E-state index contributed by atoms with van der Waals surface area (Å²) < 4.78 is 34.2. The number of alkyl halides is 3. The van der Waals surface area contributed by atoms with Gasteiger partial charge >= 0.3 is 6.18 Å². The topological polar surface area (TPSA) is 38.0 Å². The molecule has 0 aromatic rings. The molecular formula is C5H12ClF3N2. The van der Waals surface area contributed by atoms with E-state index in [4.69, 9.17) is 5.73 Å². The molecule has 0 bridgehead atoms. The molecule has 1 atom stereocenters. The van der Waals surface area contributed by atoms with Crippen molar-refractivity contribution in [1.82, 2.24) is 5.32 Å². The molecule has 0 heterocycles. The molecular weight excluding hydrogens is 181 g/mol. The second kappa shape index (κ2) is 5.62. The van der Waals surface area contributed by atoms with Gasteiger partial charge in [0, 0.05) is 12.6 Å². The van der Waals surface area contributed by atoms with Crippen LogP contribution in [-0.4, -0.2) is 25.3 Å². The standard InChI is InChI=1S/C5H11F3N2.ClH/c1-4(9)2-10-3-5(6,7)8;/h4,10H,2-3,9H2,1H3;1H/t4-;/m1./s1. The van der Waals surface area contributed by atoms with E-state index in [0.717, 1.165) is 0 Å². The Morgan fingerprint density at radius 1 is 1.45 bits per heavy atom. The van der Waals surface area contributed by atoms with Gasteiger partial charge in [0.1, 0.15) is 0 Å². The zero-order chi connectivity index (χ0) is 8.20. The van der Waals surface area contributed by atoms with Crippen molar-refractivity contribution in [2.24, 2.45) is 5.73 Å². The highest BCUT2D eigenvalue weighted by Crippen LogP contribution is 2.11. The molecule has 0 spiro atoms. The predicted octanol–water partition coefficient (Wildman–Crippen LogP) is 0.907. The molecule has 0 fully saturated rings. The van der Waals surface area contributed by atoms with Crippen molar-refractivity contribution in [2.75, 3.05) is 13.1 Å². The Morgan fingerprint density at radius 3 is 2.18 bits per heavy atom. The highest BCUT2D eigenvalue weighted by molar-refractivity contribution is 5.85. The Morgan fingerprint density at radius 2 is 1.91 bits per heavy atom. The first-order chi connectivity index (χ1) is 4.42. The molecule has 0 saturated heterocycles. The van der Waals surface area contributed by atoms with Gasteiger partial charge < -0.3 is 11.1 Å². The van der Waals surface area contributed by atoms with Crippen molar-refractivity contribution in [3.05, 3.63) is 0 Å². The summed E-state index contributed by atoms with van der Waals surface area (Å²) in [4.78, 5) is 0. The van der Waals surface area contributed by atoms with E-state index in [1.807, 2.05) is 0 Å². The molecule has 0 saturated carbocycles. The third kappa shape index (κ3) is 13.1. The molecule has 6 heteroatoms. The number of halogens is 4. The van der Waals surface area contributed by atoms with Gasteiger partial charge in [-0.2, -0.15) is 13.2 Å². The SMILES string of the molecule is C[C@@H](N)CNCC(F)(F)F.Cl. The Labute approximate surface area is 69.7 Å². The van der Waals surface area contributed by atoms with Crippen molar-refractivity contribution < 1.29 is 13.2 Å².